The number of hydrogen-bond acceptors (Lipinski definition) is 5. The van der Waals surface area contributed by atoms with Crippen LogP contribution in [0.5, 0.6) is 5.75 Å². The predicted molar refractivity (Wildman–Crippen MR) is 49.1 cm³/mol. The molecule has 0 fully saturated rings. The topological polar surface area (TPSA) is 68.9 Å². The minimum Gasteiger partial charge on any atom is -0.465 e. The van der Waals surface area contributed by atoms with E-state index in [1.807, 2.05) is 0 Å². The lowest BCUT2D eigenvalue weighted by molar-refractivity contribution is -0.00945. The van der Waals surface area contributed by atoms with Crippen LogP contribution in [0.1, 0.15) is 27.8 Å². The Morgan fingerprint density at radius 2 is 2.20 bits per heavy atom. The molecular weight excluding hydrogens is 200 g/mol. The summed E-state index contributed by atoms with van der Waals surface area (Å²) in [7, 11) is 1.29. The molecule has 0 saturated heterocycles. The van der Waals surface area contributed by atoms with E-state index in [1.54, 1.807) is 6.92 Å². The quantitative estimate of drug-likeness (QED) is 0.716. The van der Waals surface area contributed by atoms with Crippen LogP contribution in [-0.4, -0.2) is 18.2 Å². The van der Waals surface area contributed by atoms with E-state index in [4.69, 9.17) is 9.15 Å². The first-order chi connectivity index (χ1) is 7.15. The van der Waals surface area contributed by atoms with Crippen molar-refractivity contribution in [1.82, 2.24) is 0 Å². The molecule has 78 valence electrons. The summed E-state index contributed by atoms with van der Waals surface area (Å²) in [5.74, 6) is 0.0121. The van der Waals surface area contributed by atoms with Crippen molar-refractivity contribution in [2.75, 3.05) is 7.11 Å². The van der Waals surface area contributed by atoms with Crippen LogP contribution in [0.15, 0.2) is 4.42 Å². The Bertz CT molecular complexity index is 553. The van der Waals surface area contributed by atoms with Crippen LogP contribution in [0, 0.1) is 6.92 Å². The van der Waals surface area contributed by atoms with E-state index in [1.165, 1.54) is 7.11 Å². The highest BCUT2D eigenvalue weighted by molar-refractivity contribution is 6.05. The van der Waals surface area contributed by atoms with Crippen molar-refractivity contribution in [2.24, 2.45) is 0 Å². The molecule has 0 amide bonds. The summed E-state index contributed by atoms with van der Waals surface area (Å²) in [5, 5.41) is 9.59. The SMILES string of the molecule is COC(=O)c1c2c3oc1c(C)c3OC2O. The fourth-order valence-electron chi connectivity index (χ4n) is 2.00. The number of esters is 1. The van der Waals surface area contributed by atoms with Gasteiger partial charge in [-0.15, -0.1) is 0 Å². The Balaban J connectivity index is 2.35. The lowest BCUT2D eigenvalue weighted by Gasteiger charge is -2.02. The maximum atomic E-state index is 11.5. The zero-order valence-electron chi connectivity index (χ0n) is 8.16. The molecule has 2 aromatic rings. The molecule has 0 spiro atoms. The zero-order chi connectivity index (χ0) is 10.7. The zero-order valence-corrected chi connectivity index (χ0v) is 8.16. The Hall–Kier alpha value is -1.75. The van der Waals surface area contributed by atoms with Crippen LogP contribution < -0.4 is 4.74 Å². The maximum Gasteiger partial charge on any atom is 0.342 e. The molecule has 5 nitrogen and oxygen atoms in total. The number of carbonyl (C=O) groups is 1. The molecule has 1 atom stereocenters. The molecule has 3 heterocycles. The minimum atomic E-state index is -1.13. The average Bonchev–Trinajstić information content (AvgIpc) is 2.80. The normalized spacial score (nSPS) is 18.5. The fraction of sp³-hybridized carbons (Fsp3) is 0.300. The van der Waals surface area contributed by atoms with E-state index in [9.17, 15) is 9.90 Å². The molecule has 5 heteroatoms. The monoisotopic (exact) mass is 208 g/mol. The number of aryl methyl sites for hydroxylation is 1. The van der Waals surface area contributed by atoms with Gasteiger partial charge in [0, 0.05) is 5.56 Å². The number of aliphatic hydroxyl groups is 1. The molecule has 0 saturated carbocycles. The first-order valence-electron chi connectivity index (χ1n) is 4.46. The lowest BCUT2D eigenvalue weighted by Crippen LogP contribution is -2.07. The number of fused-ring (bicyclic) bond motifs is 1. The van der Waals surface area contributed by atoms with Crippen molar-refractivity contribution in [2.45, 2.75) is 13.2 Å². The summed E-state index contributed by atoms with van der Waals surface area (Å²) in [6.07, 6.45) is -1.13. The maximum absolute atomic E-state index is 11.5. The summed E-state index contributed by atoms with van der Waals surface area (Å²) >= 11 is 0. The molecular formula is C10H8O5. The Labute approximate surface area is 84.5 Å². The van der Waals surface area contributed by atoms with Crippen LogP contribution in [0.2, 0.25) is 0 Å². The van der Waals surface area contributed by atoms with Crippen molar-refractivity contribution in [3.63, 3.8) is 0 Å². The van der Waals surface area contributed by atoms with Crippen molar-refractivity contribution < 1.29 is 23.8 Å². The number of rotatable bonds is 1. The Kier molecular flexibility index (Phi) is 1.39. The van der Waals surface area contributed by atoms with E-state index < -0.39 is 12.3 Å². The van der Waals surface area contributed by atoms with Gasteiger partial charge in [0.05, 0.1) is 12.7 Å². The summed E-state index contributed by atoms with van der Waals surface area (Å²) in [6.45, 7) is 1.77. The second-order valence-corrected chi connectivity index (χ2v) is 3.46. The van der Waals surface area contributed by atoms with Gasteiger partial charge in [0.2, 0.25) is 6.29 Å². The van der Waals surface area contributed by atoms with Crippen LogP contribution in [0.25, 0.3) is 11.2 Å². The predicted octanol–water partition coefficient (Wildman–Crippen LogP) is 1.35. The Morgan fingerprint density at radius 1 is 1.47 bits per heavy atom. The van der Waals surface area contributed by atoms with Crippen molar-refractivity contribution in [3.05, 3.63) is 16.7 Å². The van der Waals surface area contributed by atoms with Gasteiger partial charge in [-0.05, 0) is 6.92 Å². The molecule has 2 aromatic heterocycles. The Morgan fingerprint density at radius 3 is 2.87 bits per heavy atom. The van der Waals surface area contributed by atoms with E-state index in [-0.39, 0.29) is 5.56 Å². The van der Waals surface area contributed by atoms with Crippen LogP contribution in [-0.2, 0) is 4.74 Å². The number of aliphatic hydroxyl groups excluding tert-OH is 1. The number of ether oxygens (including phenoxy) is 2. The van der Waals surface area contributed by atoms with Gasteiger partial charge in [0.15, 0.2) is 11.3 Å². The van der Waals surface area contributed by atoms with Crippen molar-refractivity contribution >= 4 is 17.1 Å². The van der Waals surface area contributed by atoms with Gasteiger partial charge >= 0.3 is 5.97 Å². The van der Waals surface area contributed by atoms with Gasteiger partial charge in [0.1, 0.15) is 11.1 Å². The second kappa shape index (κ2) is 2.43. The van der Waals surface area contributed by atoms with Crippen LogP contribution in [0.3, 0.4) is 0 Å². The van der Waals surface area contributed by atoms with Gasteiger partial charge in [-0.1, -0.05) is 0 Å². The largest absolute Gasteiger partial charge is 0.465 e. The van der Waals surface area contributed by atoms with Crippen molar-refractivity contribution in [1.29, 1.82) is 0 Å². The number of carbonyl (C=O) groups excluding carboxylic acids is 1. The molecule has 0 radical (unpaired) electrons. The number of methoxy groups -OCH3 is 1. The van der Waals surface area contributed by atoms with E-state index in [0.29, 0.717) is 22.5 Å². The van der Waals surface area contributed by atoms with E-state index >= 15 is 0 Å². The van der Waals surface area contributed by atoms with Gasteiger partial charge in [-0.3, -0.25) is 0 Å². The second-order valence-electron chi connectivity index (χ2n) is 3.46. The molecule has 15 heavy (non-hydrogen) atoms. The number of furan rings is 2. The molecule has 1 unspecified atom stereocenters. The number of hydrogen-bond donors (Lipinski definition) is 1. The third-order valence-electron chi connectivity index (χ3n) is 2.70. The van der Waals surface area contributed by atoms with E-state index in [0.717, 1.165) is 5.56 Å². The molecule has 2 bridgehead atoms. The highest BCUT2D eigenvalue weighted by Crippen LogP contribution is 2.50. The van der Waals surface area contributed by atoms with Crippen LogP contribution >= 0.6 is 0 Å². The summed E-state index contributed by atoms with van der Waals surface area (Å²) < 4.78 is 15.2. The number of benzene rings is 1. The minimum absolute atomic E-state index is 0.277. The van der Waals surface area contributed by atoms with Gasteiger partial charge in [-0.25, -0.2) is 4.79 Å². The molecule has 0 aromatic carbocycles. The smallest absolute Gasteiger partial charge is 0.342 e. The lowest BCUT2D eigenvalue weighted by atomic mass is 10.1. The highest BCUT2D eigenvalue weighted by Gasteiger charge is 2.40. The molecule has 1 aliphatic rings. The molecule has 1 aliphatic heterocycles. The average molecular weight is 208 g/mol. The molecule has 1 N–H and O–H groups in total. The first kappa shape index (κ1) is 8.55. The van der Waals surface area contributed by atoms with Gasteiger partial charge in [-0.2, -0.15) is 0 Å². The third kappa shape index (κ3) is 0.794. The summed E-state index contributed by atoms with van der Waals surface area (Å²) in [6, 6.07) is 0. The first-order valence-corrected chi connectivity index (χ1v) is 4.46. The highest BCUT2D eigenvalue weighted by atomic mass is 16.6. The third-order valence-corrected chi connectivity index (χ3v) is 2.70. The fourth-order valence-corrected chi connectivity index (χ4v) is 2.00. The van der Waals surface area contributed by atoms with Gasteiger partial charge < -0.3 is 19.0 Å². The van der Waals surface area contributed by atoms with E-state index in [2.05, 4.69) is 4.74 Å². The van der Waals surface area contributed by atoms with Gasteiger partial charge in [0.25, 0.3) is 0 Å². The molecule has 0 aliphatic carbocycles. The van der Waals surface area contributed by atoms with Crippen LogP contribution in [0.4, 0.5) is 0 Å². The van der Waals surface area contributed by atoms with Crippen molar-refractivity contribution in [3.8, 4) is 5.75 Å². The molecule has 3 rings (SSSR count). The summed E-state index contributed by atoms with van der Waals surface area (Å²) in [5.41, 5.74) is 2.29. The standard InChI is InChI=1S/C10H8O5/c1-3-6-4(9(11)13-2)5-8(14-6)7(3)15-10(5)12/h10,12H,1-2H3. The summed E-state index contributed by atoms with van der Waals surface area (Å²) in [4.78, 5) is 11.5.